The Kier molecular flexibility index (Phi) is 3.02. The van der Waals surface area contributed by atoms with E-state index in [9.17, 15) is 9.90 Å². The monoisotopic (exact) mass is 269 g/mol. The molecule has 3 N–H and O–H groups in total. The predicted octanol–water partition coefficient (Wildman–Crippen LogP) is 1.57. The summed E-state index contributed by atoms with van der Waals surface area (Å²) in [7, 11) is 0. The van der Waals surface area contributed by atoms with Crippen LogP contribution in [0.3, 0.4) is 0 Å². The highest BCUT2D eigenvalue weighted by atomic mass is 16.3. The van der Waals surface area contributed by atoms with Gasteiger partial charge in [-0.15, -0.1) is 0 Å². The van der Waals surface area contributed by atoms with Gasteiger partial charge in [-0.2, -0.15) is 0 Å². The number of aromatic hydroxyl groups is 1. The summed E-state index contributed by atoms with van der Waals surface area (Å²) in [5.74, 6) is -0.360. The van der Waals surface area contributed by atoms with Crippen molar-refractivity contribution in [1.29, 1.82) is 0 Å². The van der Waals surface area contributed by atoms with Crippen LogP contribution in [0, 0.1) is 0 Å². The number of hydrogen-bond donors (Lipinski definition) is 2. The third-order valence-electron chi connectivity index (χ3n) is 3.59. The molecule has 0 radical (unpaired) electrons. The van der Waals surface area contributed by atoms with Crippen molar-refractivity contribution >= 4 is 11.6 Å². The molecular formula is C15H15N3O2. The first-order chi connectivity index (χ1) is 9.66. The van der Waals surface area contributed by atoms with Crippen LogP contribution in [0.1, 0.15) is 21.6 Å². The summed E-state index contributed by atoms with van der Waals surface area (Å²) < 4.78 is 0. The molecule has 0 fully saturated rings. The minimum absolute atomic E-state index is 0.0884. The van der Waals surface area contributed by atoms with Crippen molar-refractivity contribution in [3.05, 3.63) is 53.3 Å². The minimum Gasteiger partial charge on any atom is -0.505 e. The van der Waals surface area contributed by atoms with E-state index in [2.05, 4.69) is 4.98 Å². The summed E-state index contributed by atoms with van der Waals surface area (Å²) in [6.07, 6.45) is 2.26. The van der Waals surface area contributed by atoms with Gasteiger partial charge in [-0.25, -0.2) is 4.98 Å². The lowest BCUT2D eigenvalue weighted by Crippen LogP contribution is -2.36. The van der Waals surface area contributed by atoms with Crippen molar-refractivity contribution in [3.63, 3.8) is 0 Å². The molecule has 20 heavy (non-hydrogen) atoms. The fourth-order valence-electron chi connectivity index (χ4n) is 2.49. The molecule has 0 bridgehead atoms. The van der Waals surface area contributed by atoms with Crippen LogP contribution in [0.15, 0.2) is 36.5 Å². The van der Waals surface area contributed by atoms with Crippen molar-refractivity contribution in [2.24, 2.45) is 0 Å². The molecule has 102 valence electrons. The Morgan fingerprint density at radius 3 is 2.95 bits per heavy atom. The molecule has 0 saturated carbocycles. The van der Waals surface area contributed by atoms with Crippen molar-refractivity contribution < 1.29 is 9.90 Å². The second-order valence-electron chi connectivity index (χ2n) is 4.83. The molecule has 2 aromatic rings. The number of carbonyl (C=O) groups excluding carboxylic acids is 1. The Labute approximate surface area is 116 Å². The zero-order chi connectivity index (χ0) is 14.1. The Hall–Kier alpha value is -2.56. The fourth-order valence-corrected chi connectivity index (χ4v) is 2.49. The van der Waals surface area contributed by atoms with Crippen LogP contribution in [0.2, 0.25) is 0 Å². The van der Waals surface area contributed by atoms with E-state index in [1.807, 2.05) is 18.2 Å². The quantitative estimate of drug-likeness (QED) is 0.770. The maximum atomic E-state index is 12.4. The van der Waals surface area contributed by atoms with Crippen molar-refractivity contribution in [2.45, 2.75) is 13.0 Å². The van der Waals surface area contributed by atoms with Crippen molar-refractivity contribution in [2.75, 3.05) is 12.3 Å². The molecule has 5 nitrogen and oxygen atoms in total. The number of nitrogens with two attached hydrogens (primary N) is 1. The van der Waals surface area contributed by atoms with E-state index in [1.165, 1.54) is 17.8 Å². The highest BCUT2D eigenvalue weighted by Gasteiger charge is 2.25. The molecule has 1 aliphatic rings. The van der Waals surface area contributed by atoms with Crippen LogP contribution in [0.4, 0.5) is 5.69 Å². The minimum atomic E-state index is -0.267. The van der Waals surface area contributed by atoms with E-state index < -0.39 is 0 Å². The Balaban J connectivity index is 1.89. The van der Waals surface area contributed by atoms with Gasteiger partial charge in [0.15, 0.2) is 5.69 Å². The van der Waals surface area contributed by atoms with Crippen LogP contribution in [-0.4, -0.2) is 27.4 Å². The Morgan fingerprint density at radius 1 is 1.30 bits per heavy atom. The van der Waals surface area contributed by atoms with Crippen LogP contribution in [0.5, 0.6) is 5.75 Å². The summed E-state index contributed by atoms with van der Waals surface area (Å²) in [5, 5.41) is 9.73. The number of amides is 1. The molecule has 3 rings (SSSR count). The summed E-state index contributed by atoms with van der Waals surface area (Å²) in [5.41, 5.74) is 8.93. The highest BCUT2D eigenvalue weighted by Crippen LogP contribution is 2.26. The summed E-state index contributed by atoms with van der Waals surface area (Å²) >= 11 is 0. The number of benzene rings is 1. The van der Waals surface area contributed by atoms with Crippen LogP contribution in [-0.2, 0) is 13.0 Å². The largest absolute Gasteiger partial charge is 0.505 e. The summed E-state index contributed by atoms with van der Waals surface area (Å²) in [4.78, 5) is 18.0. The number of hydrogen-bond acceptors (Lipinski definition) is 4. The number of anilines is 1. The molecule has 1 amide bonds. The summed E-state index contributed by atoms with van der Waals surface area (Å²) in [6, 6.07) is 8.86. The van der Waals surface area contributed by atoms with Gasteiger partial charge in [0.1, 0.15) is 5.75 Å². The van der Waals surface area contributed by atoms with Gasteiger partial charge in [0, 0.05) is 25.0 Å². The summed E-state index contributed by atoms with van der Waals surface area (Å²) in [6.45, 7) is 1.06. The smallest absolute Gasteiger partial charge is 0.276 e. The van der Waals surface area contributed by atoms with Crippen molar-refractivity contribution in [1.82, 2.24) is 9.88 Å². The first-order valence-electron chi connectivity index (χ1n) is 6.46. The lowest BCUT2D eigenvalue weighted by atomic mass is 9.98. The molecule has 0 aliphatic carbocycles. The Morgan fingerprint density at radius 2 is 2.15 bits per heavy atom. The number of nitrogen functional groups attached to an aromatic ring is 1. The standard InChI is InChI=1S/C15H15N3O2/c16-12-4-1-3-10-6-8-18(9-11(10)12)15(20)14-13(19)5-2-7-17-14/h1-5,7,19H,6,8-9,16H2. The lowest BCUT2D eigenvalue weighted by Gasteiger charge is -2.29. The van der Waals surface area contributed by atoms with Gasteiger partial charge in [-0.1, -0.05) is 12.1 Å². The maximum Gasteiger partial charge on any atom is 0.276 e. The molecule has 1 aromatic heterocycles. The third-order valence-corrected chi connectivity index (χ3v) is 3.59. The number of fused-ring (bicyclic) bond motifs is 1. The van der Waals surface area contributed by atoms with Crippen LogP contribution < -0.4 is 5.73 Å². The zero-order valence-corrected chi connectivity index (χ0v) is 10.9. The first-order valence-corrected chi connectivity index (χ1v) is 6.46. The van der Waals surface area contributed by atoms with E-state index in [-0.39, 0.29) is 17.4 Å². The molecule has 0 atom stereocenters. The average Bonchev–Trinajstić information content (AvgIpc) is 2.47. The molecule has 2 heterocycles. The molecular weight excluding hydrogens is 254 g/mol. The van der Waals surface area contributed by atoms with Crippen molar-refractivity contribution in [3.8, 4) is 5.75 Å². The molecule has 0 unspecified atom stereocenters. The van der Waals surface area contributed by atoms with Gasteiger partial charge >= 0.3 is 0 Å². The SMILES string of the molecule is Nc1cccc2c1CN(C(=O)c1ncccc1O)CC2. The van der Waals surface area contributed by atoms with Gasteiger partial charge in [-0.05, 0) is 35.7 Å². The molecule has 5 heteroatoms. The highest BCUT2D eigenvalue weighted by molar-refractivity contribution is 5.95. The van der Waals surface area contributed by atoms with Gasteiger partial charge in [0.05, 0.1) is 0 Å². The molecule has 0 saturated heterocycles. The van der Waals surface area contributed by atoms with E-state index in [4.69, 9.17) is 5.73 Å². The lowest BCUT2D eigenvalue weighted by molar-refractivity contribution is 0.0726. The second-order valence-corrected chi connectivity index (χ2v) is 4.83. The number of pyridine rings is 1. The second kappa shape index (κ2) is 4.85. The van der Waals surface area contributed by atoms with Gasteiger partial charge < -0.3 is 15.7 Å². The molecule has 1 aliphatic heterocycles. The predicted molar refractivity (Wildman–Crippen MR) is 75.2 cm³/mol. The van der Waals surface area contributed by atoms with E-state index >= 15 is 0 Å². The number of nitrogens with zero attached hydrogens (tertiary/aromatic N) is 2. The topological polar surface area (TPSA) is 79.5 Å². The van der Waals surface area contributed by atoms with Gasteiger partial charge in [-0.3, -0.25) is 4.79 Å². The first kappa shape index (κ1) is 12.5. The van der Waals surface area contributed by atoms with E-state index in [1.54, 1.807) is 11.0 Å². The maximum absolute atomic E-state index is 12.4. The van der Waals surface area contributed by atoms with Gasteiger partial charge in [0.25, 0.3) is 5.91 Å². The van der Waals surface area contributed by atoms with Crippen LogP contribution in [0.25, 0.3) is 0 Å². The number of carbonyl (C=O) groups is 1. The third kappa shape index (κ3) is 2.07. The number of aromatic nitrogens is 1. The van der Waals surface area contributed by atoms with E-state index in [0.29, 0.717) is 18.8 Å². The van der Waals surface area contributed by atoms with E-state index in [0.717, 1.165) is 12.0 Å². The Bertz CT molecular complexity index is 670. The fraction of sp³-hybridized carbons (Fsp3) is 0.200. The molecule has 0 spiro atoms. The number of rotatable bonds is 1. The molecule has 1 aromatic carbocycles. The van der Waals surface area contributed by atoms with Gasteiger partial charge in [0.2, 0.25) is 0 Å². The normalized spacial score (nSPS) is 13.9. The van der Waals surface area contributed by atoms with Crippen LogP contribution >= 0.6 is 0 Å². The average molecular weight is 269 g/mol. The zero-order valence-electron chi connectivity index (χ0n) is 10.9.